The van der Waals surface area contributed by atoms with Crippen molar-refractivity contribution in [2.24, 2.45) is 0 Å². The van der Waals surface area contributed by atoms with Gasteiger partial charge < -0.3 is 9.63 Å². The van der Waals surface area contributed by atoms with E-state index in [9.17, 15) is 13.5 Å². The first-order valence-corrected chi connectivity index (χ1v) is 9.05. The second-order valence-corrected chi connectivity index (χ2v) is 7.53. The normalized spacial score (nSPS) is 13.2. The van der Waals surface area contributed by atoms with Crippen LogP contribution in [-0.2, 0) is 22.0 Å². The maximum atomic E-state index is 12.1. The second kappa shape index (κ2) is 7.21. The molecule has 22 heavy (non-hydrogen) atoms. The zero-order chi connectivity index (χ0) is 16.2. The summed E-state index contributed by atoms with van der Waals surface area (Å²) >= 11 is 5.83. The van der Waals surface area contributed by atoms with Crippen molar-refractivity contribution in [2.45, 2.75) is 31.6 Å². The van der Waals surface area contributed by atoms with E-state index in [1.54, 1.807) is 18.2 Å². The van der Waals surface area contributed by atoms with E-state index < -0.39 is 21.7 Å². The molecule has 0 saturated carbocycles. The smallest absolute Gasteiger partial charge is 0.226 e. The Morgan fingerprint density at radius 1 is 1.41 bits per heavy atom. The maximum Gasteiger partial charge on any atom is 0.226 e. The molecule has 1 aromatic carbocycles. The van der Waals surface area contributed by atoms with Crippen molar-refractivity contribution in [2.75, 3.05) is 5.75 Å². The highest BCUT2D eigenvalue weighted by Gasteiger charge is 2.22. The van der Waals surface area contributed by atoms with Gasteiger partial charge in [-0.3, -0.25) is 0 Å². The number of sulfone groups is 1. The Kier molecular flexibility index (Phi) is 5.55. The summed E-state index contributed by atoms with van der Waals surface area (Å²) < 4.78 is 29.2. The summed E-state index contributed by atoms with van der Waals surface area (Å²) in [6.45, 7) is 1.96. The first-order valence-electron chi connectivity index (χ1n) is 6.85. The third-order valence-corrected chi connectivity index (χ3v) is 4.73. The lowest BCUT2D eigenvalue weighted by molar-refractivity contribution is 0.201. The average molecular weight is 345 g/mol. The van der Waals surface area contributed by atoms with Gasteiger partial charge in [0.2, 0.25) is 5.89 Å². The van der Waals surface area contributed by atoms with Crippen molar-refractivity contribution in [3.05, 3.63) is 46.6 Å². The molecular weight excluding hydrogens is 328 g/mol. The third-order valence-electron chi connectivity index (χ3n) is 2.97. The molecule has 0 aliphatic rings. The fourth-order valence-corrected chi connectivity index (χ4v) is 3.47. The van der Waals surface area contributed by atoms with Crippen molar-refractivity contribution in [1.29, 1.82) is 0 Å². The highest BCUT2D eigenvalue weighted by molar-refractivity contribution is 7.90. The number of hydrogen-bond acceptors (Lipinski definition) is 6. The lowest BCUT2D eigenvalue weighted by Crippen LogP contribution is -2.17. The van der Waals surface area contributed by atoms with Gasteiger partial charge in [0.1, 0.15) is 5.75 Å². The molecule has 0 bridgehead atoms. The fraction of sp³-hybridized carbons (Fsp3) is 0.429. The fourth-order valence-electron chi connectivity index (χ4n) is 1.97. The zero-order valence-corrected chi connectivity index (χ0v) is 13.6. The van der Waals surface area contributed by atoms with Gasteiger partial charge in [0, 0.05) is 11.4 Å². The Morgan fingerprint density at radius 2 is 2.18 bits per heavy atom. The van der Waals surface area contributed by atoms with Gasteiger partial charge in [-0.1, -0.05) is 35.8 Å². The summed E-state index contributed by atoms with van der Waals surface area (Å²) in [7, 11) is -3.57. The first kappa shape index (κ1) is 16.9. The van der Waals surface area contributed by atoms with Crippen molar-refractivity contribution >= 4 is 21.4 Å². The van der Waals surface area contributed by atoms with Crippen LogP contribution in [-0.4, -0.2) is 29.4 Å². The van der Waals surface area contributed by atoms with E-state index in [1.807, 2.05) is 6.92 Å². The lowest BCUT2D eigenvalue weighted by atomic mass is 10.1. The maximum absolute atomic E-state index is 12.1. The van der Waals surface area contributed by atoms with Crippen LogP contribution in [0.25, 0.3) is 0 Å². The molecule has 0 fully saturated rings. The monoisotopic (exact) mass is 344 g/mol. The van der Waals surface area contributed by atoms with E-state index in [2.05, 4.69) is 10.1 Å². The Balaban J connectivity index is 2.03. The Labute approximate surface area is 134 Å². The molecule has 1 heterocycles. The van der Waals surface area contributed by atoms with Crippen LogP contribution < -0.4 is 0 Å². The van der Waals surface area contributed by atoms with Crippen molar-refractivity contribution < 1.29 is 18.0 Å². The van der Waals surface area contributed by atoms with Gasteiger partial charge in [-0.25, -0.2) is 8.42 Å². The van der Waals surface area contributed by atoms with Crippen LogP contribution in [0.3, 0.4) is 0 Å². The molecule has 8 heteroatoms. The van der Waals surface area contributed by atoms with Gasteiger partial charge in [0.15, 0.2) is 15.7 Å². The molecule has 1 aromatic heterocycles. The van der Waals surface area contributed by atoms with Crippen LogP contribution >= 0.6 is 11.6 Å². The van der Waals surface area contributed by atoms with Gasteiger partial charge in [-0.05, 0) is 24.1 Å². The highest BCUT2D eigenvalue weighted by Crippen LogP contribution is 2.20. The minimum absolute atomic E-state index is 0.113. The number of benzene rings is 1. The molecule has 0 saturated heterocycles. The third kappa shape index (κ3) is 4.79. The second-order valence-electron chi connectivity index (χ2n) is 4.98. The Hall–Kier alpha value is -1.44. The van der Waals surface area contributed by atoms with E-state index in [4.69, 9.17) is 16.1 Å². The minimum atomic E-state index is -3.57. The molecule has 0 aliphatic heterocycles. The minimum Gasteiger partial charge on any atom is -0.387 e. The number of hydrogen-bond donors (Lipinski definition) is 1. The molecule has 0 aliphatic carbocycles. The molecule has 1 unspecified atom stereocenters. The van der Waals surface area contributed by atoms with Crippen molar-refractivity contribution in [3.63, 3.8) is 0 Å². The molecular formula is C14H17ClN2O4S. The van der Waals surface area contributed by atoms with Crippen LogP contribution in [0, 0.1) is 0 Å². The predicted octanol–water partition coefficient (Wildman–Crippen LogP) is 2.32. The molecule has 0 spiro atoms. The lowest BCUT2D eigenvalue weighted by Gasteiger charge is -2.11. The number of aryl methyl sites for hydroxylation is 1. The van der Waals surface area contributed by atoms with Crippen LogP contribution in [0.15, 0.2) is 28.8 Å². The van der Waals surface area contributed by atoms with Gasteiger partial charge in [0.05, 0.1) is 11.9 Å². The number of aliphatic hydroxyl groups is 1. The molecule has 0 amide bonds. The molecule has 1 N–H and O–H groups in total. The van der Waals surface area contributed by atoms with E-state index in [1.165, 1.54) is 6.07 Å². The molecule has 120 valence electrons. The topological polar surface area (TPSA) is 93.3 Å². The van der Waals surface area contributed by atoms with Gasteiger partial charge in [-0.15, -0.1) is 0 Å². The van der Waals surface area contributed by atoms with Gasteiger partial charge >= 0.3 is 0 Å². The summed E-state index contributed by atoms with van der Waals surface area (Å²) in [5, 5.41) is 14.1. The van der Waals surface area contributed by atoms with Gasteiger partial charge in [-0.2, -0.15) is 4.98 Å². The van der Waals surface area contributed by atoms with Crippen LogP contribution in [0.5, 0.6) is 0 Å². The molecule has 6 nitrogen and oxygen atoms in total. The molecule has 2 rings (SSSR count). The van der Waals surface area contributed by atoms with E-state index in [0.717, 1.165) is 6.42 Å². The molecule has 0 radical (unpaired) electrons. The number of rotatable bonds is 7. The number of aromatic nitrogens is 2. The number of aliphatic hydroxyl groups excluding tert-OH is 1. The first-order chi connectivity index (χ1) is 10.4. The highest BCUT2D eigenvalue weighted by atomic mass is 35.5. The van der Waals surface area contributed by atoms with E-state index in [0.29, 0.717) is 22.9 Å². The number of nitrogens with zero attached hydrogens (tertiary/aromatic N) is 2. The summed E-state index contributed by atoms with van der Waals surface area (Å²) in [4.78, 5) is 4.02. The van der Waals surface area contributed by atoms with E-state index in [-0.39, 0.29) is 11.6 Å². The molecule has 2 aromatic rings. The quantitative estimate of drug-likeness (QED) is 0.828. The summed E-state index contributed by atoms with van der Waals surface area (Å²) in [5.74, 6) is -0.257. The SMILES string of the molecule is CCCc1nc(CS(=O)(=O)CC(O)c2cccc(Cl)c2)no1. The van der Waals surface area contributed by atoms with Crippen LogP contribution in [0.2, 0.25) is 5.02 Å². The Bertz CT molecular complexity index is 730. The van der Waals surface area contributed by atoms with Crippen LogP contribution in [0.4, 0.5) is 0 Å². The summed E-state index contributed by atoms with van der Waals surface area (Å²) in [6, 6.07) is 6.47. The Morgan fingerprint density at radius 3 is 2.86 bits per heavy atom. The summed E-state index contributed by atoms with van der Waals surface area (Å²) in [6.07, 6.45) is 0.297. The van der Waals surface area contributed by atoms with E-state index >= 15 is 0 Å². The predicted molar refractivity (Wildman–Crippen MR) is 82.2 cm³/mol. The average Bonchev–Trinajstić information content (AvgIpc) is 2.85. The zero-order valence-electron chi connectivity index (χ0n) is 12.1. The summed E-state index contributed by atoms with van der Waals surface area (Å²) in [5.41, 5.74) is 0.454. The van der Waals surface area contributed by atoms with Gasteiger partial charge in [0.25, 0.3) is 0 Å². The van der Waals surface area contributed by atoms with Crippen molar-refractivity contribution in [3.8, 4) is 0 Å². The molecule has 1 atom stereocenters. The largest absolute Gasteiger partial charge is 0.387 e. The standard InChI is InChI=1S/C14H17ClN2O4S/c1-2-4-14-16-13(17-21-14)9-22(19,20)8-12(18)10-5-3-6-11(15)7-10/h3,5-7,12,18H,2,4,8-9H2,1H3. The van der Waals surface area contributed by atoms with Crippen molar-refractivity contribution in [1.82, 2.24) is 10.1 Å². The number of halogens is 1. The van der Waals surface area contributed by atoms with Crippen LogP contribution in [0.1, 0.15) is 36.7 Å².